The number of piperazine rings is 1. The normalized spacial score (nSPS) is 20.2. The zero-order valence-corrected chi connectivity index (χ0v) is 17.7. The first-order valence-electron chi connectivity index (χ1n) is 10.5. The Bertz CT molecular complexity index is 659. The van der Waals surface area contributed by atoms with Crippen LogP contribution in [-0.4, -0.2) is 80.4 Å². The van der Waals surface area contributed by atoms with Gasteiger partial charge in [-0.2, -0.15) is 0 Å². The van der Waals surface area contributed by atoms with Gasteiger partial charge in [0.1, 0.15) is 0 Å². The highest BCUT2D eigenvalue weighted by molar-refractivity contribution is 5.85. The summed E-state index contributed by atoms with van der Waals surface area (Å²) in [5.41, 5.74) is 1.10. The SMILES string of the molecule is CN=C(NCC1(C(=O)N(C)C)CCCC1)N1CCN(Cc2ccccc2)CC1. The Morgan fingerprint density at radius 1 is 1.11 bits per heavy atom. The van der Waals surface area contributed by atoms with E-state index in [1.807, 2.05) is 21.1 Å². The lowest BCUT2D eigenvalue weighted by Gasteiger charge is -2.38. The average molecular weight is 386 g/mol. The third-order valence-electron chi connectivity index (χ3n) is 6.14. The Balaban J connectivity index is 1.52. The molecule has 2 aliphatic rings. The smallest absolute Gasteiger partial charge is 0.230 e. The Morgan fingerprint density at radius 3 is 2.32 bits per heavy atom. The molecule has 0 spiro atoms. The van der Waals surface area contributed by atoms with Gasteiger partial charge in [-0.25, -0.2) is 0 Å². The second-order valence-corrected chi connectivity index (χ2v) is 8.34. The van der Waals surface area contributed by atoms with Gasteiger partial charge in [0.05, 0.1) is 5.41 Å². The van der Waals surface area contributed by atoms with Crippen LogP contribution in [0.1, 0.15) is 31.2 Å². The van der Waals surface area contributed by atoms with E-state index in [-0.39, 0.29) is 11.3 Å². The quantitative estimate of drug-likeness (QED) is 0.622. The van der Waals surface area contributed by atoms with Gasteiger partial charge in [-0.3, -0.25) is 14.7 Å². The Kier molecular flexibility index (Phi) is 6.94. The molecule has 28 heavy (non-hydrogen) atoms. The van der Waals surface area contributed by atoms with E-state index in [9.17, 15) is 4.79 Å². The number of amides is 1. The van der Waals surface area contributed by atoms with Crippen molar-refractivity contribution in [2.24, 2.45) is 10.4 Å². The van der Waals surface area contributed by atoms with Crippen molar-refractivity contribution in [2.75, 3.05) is 53.9 Å². The summed E-state index contributed by atoms with van der Waals surface area (Å²) in [6.45, 7) is 5.65. The van der Waals surface area contributed by atoms with Crippen molar-refractivity contribution in [1.29, 1.82) is 0 Å². The van der Waals surface area contributed by atoms with Crippen LogP contribution >= 0.6 is 0 Å². The van der Waals surface area contributed by atoms with Gasteiger partial charge in [-0.05, 0) is 18.4 Å². The van der Waals surface area contributed by atoms with Gasteiger partial charge in [0.25, 0.3) is 0 Å². The van der Waals surface area contributed by atoms with Crippen molar-refractivity contribution in [1.82, 2.24) is 20.0 Å². The fourth-order valence-corrected chi connectivity index (χ4v) is 4.53. The second kappa shape index (κ2) is 9.41. The van der Waals surface area contributed by atoms with Crippen molar-refractivity contribution in [3.05, 3.63) is 35.9 Å². The highest BCUT2D eigenvalue weighted by Gasteiger charge is 2.42. The molecule has 3 rings (SSSR count). The van der Waals surface area contributed by atoms with E-state index in [4.69, 9.17) is 0 Å². The Morgan fingerprint density at radius 2 is 1.75 bits per heavy atom. The molecule has 0 unspecified atom stereocenters. The highest BCUT2D eigenvalue weighted by Crippen LogP contribution is 2.39. The average Bonchev–Trinajstić information content (AvgIpc) is 3.20. The van der Waals surface area contributed by atoms with E-state index in [1.165, 1.54) is 5.56 Å². The molecule has 0 radical (unpaired) electrons. The maximum atomic E-state index is 12.8. The summed E-state index contributed by atoms with van der Waals surface area (Å²) < 4.78 is 0. The minimum absolute atomic E-state index is 0.251. The van der Waals surface area contributed by atoms with Crippen molar-refractivity contribution >= 4 is 11.9 Å². The van der Waals surface area contributed by atoms with Crippen LogP contribution in [0.4, 0.5) is 0 Å². The van der Waals surface area contributed by atoms with Crippen molar-refractivity contribution < 1.29 is 4.79 Å². The Hall–Kier alpha value is -2.08. The summed E-state index contributed by atoms with van der Waals surface area (Å²) in [6, 6.07) is 10.6. The molecule has 1 saturated heterocycles. The van der Waals surface area contributed by atoms with Gasteiger partial charge < -0.3 is 15.1 Å². The van der Waals surface area contributed by atoms with E-state index in [0.717, 1.165) is 64.4 Å². The second-order valence-electron chi connectivity index (χ2n) is 8.34. The maximum absolute atomic E-state index is 12.8. The number of aliphatic imine (C=N–C) groups is 1. The van der Waals surface area contributed by atoms with Crippen LogP contribution < -0.4 is 5.32 Å². The zero-order valence-electron chi connectivity index (χ0n) is 17.7. The number of rotatable bonds is 5. The first kappa shape index (κ1) is 20.6. The third-order valence-corrected chi connectivity index (χ3v) is 6.14. The van der Waals surface area contributed by atoms with Gasteiger partial charge in [-0.15, -0.1) is 0 Å². The molecule has 6 heteroatoms. The summed E-state index contributed by atoms with van der Waals surface area (Å²) in [7, 11) is 5.57. The van der Waals surface area contributed by atoms with Gasteiger partial charge in [0.2, 0.25) is 5.91 Å². The molecular weight excluding hydrogens is 350 g/mol. The van der Waals surface area contributed by atoms with Gasteiger partial charge >= 0.3 is 0 Å². The van der Waals surface area contributed by atoms with Crippen molar-refractivity contribution in [3.63, 3.8) is 0 Å². The molecule has 154 valence electrons. The fraction of sp³-hybridized carbons (Fsp3) is 0.636. The number of hydrogen-bond acceptors (Lipinski definition) is 3. The maximum Gasteiger partial charge on any atom is 0.230 e. The van der Waals surface area contributed by atoms with E-state index in [2.05, 4.69) is 50.4 Å². The number of nitrogens with zero attached hydrogens (tertiary/aromatic N) is 4. The standard InChI is InChI=1S/C22H35N5O/c1-23-21(24-18-22(11-7-8-12-22)20(28)25(2)3)27-15-13-26(14-16-27)17-19-9-5-4-6-10-19/h4-6,9-10H,7-8,11-18H2,1-3H3,(H,23,24). The molecule has 0 aromatic heterocycles. The van der Waals surface area contributed by atoms with Crippen LogP contribution in [-0.2, 0) is 11.3 Å². The molecule has 1 aromatic carbocycles. The largest absolute Gasteiger partial charge is 0.355 e. The highest BCUT2D eigenvalue weighted by atomic mass is 16.2. The molecular formula is C22H35N5O. The molecule has 1 amide bonds. The number of carbonyl (C=O) groups excluding carboxylic acids is 1. The summed E-state index contributed by atoms with van der Waals surface area (Å²) >= 11 is 0. The van der Waals surface area contributed by atoms with Crippen LogP contribution in [0.3, 0.4) is 0 Å². The number of hydrogen-bond donors (Lipinski definition) is 1. The first-order chi connectivity index (χ1) is 13.5. The number of benzene rings is 1. The number of carbonyl (C=O) groups is 1. The lowest BCUT2D eigenvalue weighted by atomic mass is 9.84. The van der Waals surface area contributed by atoms with Gasteiger partial charge in [0, 0.05) is 60.4 Å². The molecule has 1 aromatic rings. The monoisotopic (exact) mass is 385 g/mol. The topological polar surface area (TPSA) is 51.2 Å². The van der Waals surface area contributed by atoms with Crippen LogP contribution in [0, 0.1) is 5.41 Å². The van der Waals surface area contributed by atoms with Crippen LogP contribution in [0.5, 0.6) is 0 Å². The number of nitrogens with one attached hydrogen (secondary N) is 1. The van der Waals surface area contributed by atoms with E-state index in [1.54, 1.807) is 4.90 Å². The summed E-state index contributed by atoms with van der Waals surface area (Å²) in [6.07, 6.45) is 4.22. The van der Waals surface area contributed by atoms with Crippen molar-refractivity contribution in [3.8, 4) is 0 Å². The first-order valence-corrected chi connectivity index (χ1v) is 10.5. The summed E-state index contributed by atoms with van der Waals surface area (Å²) in [5, 5.41) is 3.53. The molecule has 1 aliphatic heterocycles. The minimum atomic E-state index is -0.269. The molecule has 2 fully saturated rings. The minimum Gasteiger partial charge on any atom is -0.355 e. The van der Waals surface area contributed by atoms with Crippen LogP contribution in [0.25, 0.3) is 0 Å². The molecule has 0 bridgehead atoms. The van der Waals surface area contributed by atoms with E-state index < -0.39 is 0 Å². The van der Waals surface area contributed by atoms with E-state index in [0.29, 0.717) is 6.54 Å². The predicted molar refractivity (Wildman–Crippen MR) is 114 cm³/mol. The lowest BCUT2D eigenvalue weighted by Crippen LogP contribution is -2.54. The fourth-order valence-electron chi connectivity index (χ4n) is 4.53. The zero-order chi connectivity index (χ0) is 20.0. The van der Waals surface area contributed by atoms with Crippen LogP contribution in [0.15, 0.2) is 35.3 Å². The molecule has 1 aliphatic carbocycles. The molecule has 1 saturated carbocycles. The van der Waals surface area contributed by atoms with E-state index >= 15 is 0 Å². The van der Waals surface area contributed by atoms with Gasteiger partial charge in [-0.1, -0.05) is 43.2 Å². The third kappa shape index (κ3) is 4.85. The predicted octanol–water partition coefficient (Wildman–Crippen LogP) is 2.03. The molecule has 0 atom stereocenters. The molecule has 1 N–H and O–H groups in total. The van der Waals surface area contributed by atoms with Crippen LogP contribution in [0.2, 0.25) is 0 Å². The number of guanidine groups is 1. The van der Waals surface area contributed by atoms with Crippen molar-refractivity contribution in [2.45, 2.75) is 32.2 Å². The summed E-state index contributed by atoms with van der Waals surface area (Å²) in [4.78, 5) is 23.9. The molecule has 1 heterocycles. The summed E-state index contributed by atoms with van der Waals surface area (Å²) in [5.74, 6) is 1.18. The lowest BCUT2D eigenvalue weighted by molar-refractivity contribution is -0.138. The Labute approximate surface area is 169 Å². The van der Waals surface area contributed by atoms with Gasteiger partial charge in [0.15, 0.2) is 5.96 Å². The molecule has 6 nitrogen and oxygen atoms in total.